The topological polar surface area (TPSA) is 67.4 Å². The summed E-state index contributed by atoms with van der Waals surface area (Å²) < 4.78 is 5.08. The Balaban J connectivity index is 2.22. The van der Waals surface area contributed by atoms with Gasteiger partial charge in [-0.3, -0.25) is 9.59 Å². The van der Waals surface area contributed by atoms with Crippen molar-refractivity contribution >= 4 is 11.8 Å². The molecule has 0 heterocycles. The quantitative estimate of drug-likeness (QED) is 0.714. The SMILES string of the molecule is COc1ccc(CCNC(=O)CC(=O)NCC(C)C)cc1. The summed E-state index contributed by atoms with van der Waals surface area (Å²) in [5, 5.41) is 5.47. The molecule has 0 fully saturated rings. The van der Waals surface area contributed by atoms with E-state index in [0.717, 1.165) is 17.7 Å². The molecule has 0 radical (unpaired) electrons. The summed E-state index contributed by atoms with van der Waals surface area (Å²) in [4.78, 5) is 23.1. The molecule has 0 aromatic heterocycles. The highest BCUT2D eigenvalue weighted by Crippen LogP contribution is 2.11. The van der Waals surface area contributed by atoms with Gasteiger partial charge in [-0.05, 0) is 30.0 Å². The summed E-state index contributed by atoms with van der Waals surface area (Å²) in [6.07, 6.45) is 0.610. The molecule has 1 rings (SSSR count). The molecular formula is C16H24N2O3. The van der Waals surface area contributed by atoms with Crippen molar-refractivity contribution in [1.29, 1.82) is 0 Å². The smallest absolute Gasteiger partial charge is 0.229 e. The van der Waals surface area contributed by atoms with E-state index in [9.17, 15) is 9.59 Å². The summed E-state index contributed by atoms with van der Waals surface area (Å²) in [5.74, 6) is 0.715. The summed E-state index contributed by atoms with van der Waals surface area (Å²) in [7, 11) is 1.62. The first-order chi connectivity index (χ1) is 10.0. The molecule has 116 valence electrons. The maximum atomic E-state index is 11.6. The molecule has 1 aromatic carbocycles. The monoisotopic (exact) mass is 292 g/mol. The highest BCUT2D eigenvalue weighted by molar-refractivity contribution is 5.96. The predicted octanol–water partition coefficient (Wildman–Crippen LogP) is 1.52. The molecule has 5 heteroatoms. The Morgan fingerprint density at radius 3 is 2.29 bits per heavy atom. The summed E-state index contributed by atoms with van der Waals surface area (Å²) >= 11 is 0. The lowest BCUT2D eigenvalue weighted by molar-refractivity contribution is -0.129. The summed E-state index contributed by atoms with van der Waals surface area (Å²) in [6, 6.07) is 7.69. The van der Waals surface area contributed by atoms with Gasteiger partial charge in [-0.25, -0.2) is 0 Å². The zero-order chi connectivity index (χ0) is 15.7. The van der Waals surface area contributed by atoms with Crippen LogP contribution in [0.3, 0.4) is 0 Å². The first kappa shape index (κ1) is 17.0. The number of hydrogen-bond donors (Lipinski definition) is 2. The number of amides is 2. The van der Waals surface area contributed by atoms with Crippen LogP contribution in [0.5, 0.6) is 5.75 Å². The zero-order valence-electron chi connectivity index (χ0n) is 12.9. The van der Waals surface area contributed by atoms with Crippen LogP contribution in [0.2, 0.25) is 0 Å². The Morgan fingerprint density at radius 1 is 1.10 bits per heavy atom. The van der Waals surface area contributed by atoms with Gasteiger partial charge in [0.2, 0.25) is 11.8 Å². The molecular weight excluding hydrogens is 268 g/mol. The van der Waals surface area contributed by atoms with Crippen LogP contribution in [-0.4, -0.2) is 32.0 Å². The Hall–Kier alpha value is -2.04. The molecule has 0 unspecified atom stereocenters. The van der Waals surface area contributed by atoms with Crippen LogP contribution < -0.4 is 15.4 Å². The van der Waals surface area contributed by atoms with E-state index in [-0.39, 0.29) is 18.2 Å². The van der Waals surface area contributed by atoms with Gasteiger partial charge in [0.15, 0.2) is 0 Å². The lowest BCUT2D eigenvalue weighted by atomic mass is 10.1. The molecule has 0 saturated carbocycles. The number of carbonyl (C=O) groups is 2. The Labute approximate surface area is 126 Å². The third kappa shape index (κ3) is 7.34. The third-order valence-electron chi connectivity index (χ3n) is 2.92. The molecule has 2 N–H and O–H groups in total. The minimum absolute atomic E-state index is 0.116. The van der Waals surface area contributed by atoms with E-state index in [0.29, 0.717) is 19.0 Å². The van der Waals surface area contributed by atoms with Crippen LogP contribution in [0.25, 0.3) is 0 Å². The van der Waals surface area contributed by atoms with Gasteiger partial charge in [0.25, 0.3) is 0 Å². The molecule has 5 nitrogen and oxygen atoms in total. The van der Waals surface area contributed by atoms with E-state index in [2.05, 4.69) is 10.6 Å². The van der Waals surface area contributed by atoms with Crippen LogP contribution in [0, 0.1) is 5.92 Å². The second-order valence-corrected chi connectivity index (χ2v) is 5.32. The van der Waals surface area contributed by atoms with Gasteiger partial charge >= 0.3 is 0 Å². The number of nitrogens with one attached hydrogen (secondary N) is 2. The maximum Gasteiger partial charge on any atom is 0.229 e. The van der Waals surface area contributed by atoms with Gasteiger partial charge in [0.1, 0.15) is 12.2 Å². The van der Waals surface area contributed by atoms with Gasteiger partial charge in [-0.15, -0.1) is 0 Å². The van der Waals surface area contributed by atoms with E-state index in [1.165, 1.54) is 0 Å². The Morgan fingerprint density at radius 2 is 1.71 bits per heavy atom. The molecule has 0 atom stereocenters. The highest BCUT2D eigenvalue weighted by atomic mass is 16.5. The average molecular weight is 292 g/mol. The van der Waals surface area contributed by atoms with Crippen LogP contribution in [-0.2, 0) is 16.0 Å². The number of rotatable bonds is 8. The van der Waals surface area contributed by atoms with Crippen molar-refractivity contribution in [2.75, 3.05) is 20.2 Å². The molecule has 0 aliphatic carbocycles. The fourth-order valence-corrected chi connectivity index (χ4v) is 1.73. The molecule has 0 spiro atoms. The van der Waals surface area contributed by atoms with E-state index in [4.69, 9.17) is 4.74 Å². The summed E-state index contributed by atoms with van der Waals surface area (Å²) in [5.41, 5.74) is 1.11. The molecule has 1 aromatic rings. The zero-order valence-corrected chi connectivity index (χ0v) is 12.9. The van der Waals surface area contributed by atoms with Gasteiger partial charge in [0.05, 0.1) is 7.11 Å². The van der Waals surface area contributed by atoms with Crippen molar-refractivity contribution in [2.24, 2.45) is 5.92 Å². The van der Waals surface area contributed by atoms with E-state index in [1.54, 1.807) is 7.11 Å². The molecule has 0 aliphatic heterocycles. The molecule has 0 aliphatic rings. The van der Waals surface area contributed by atoms with E-state index >= 15 is 0 Å². The Bertz CT molecular complexity index is 455. The van der Waals surface area contributed by atoms with Gasteiger partial charge in [-0.1, -0.05) is 26.0 Å². The van der Waals surface area contributed by atoms with E-state index < -0.39 is 0 Å². The molecule has 21 heavy (non-hydrogen) atoms. The van der Waals surface area contributed by atoms with Crippen molar-refractivity contribution < 1.29 is 14.3 Å². The van der Waals surface area contributed by atoms with Crippen LogP contribution in [0.1, 0.15) is 25.8 Å². The predicted molar refractivity (Wildman–Crippen MR) is 82.2 cm³/mol. The van der Waals surface area contributed by atoms with Crippen molar-refractivity contribution in [3.05, 3.63) is 29.8 Å². The standard InChI is InChI=1S/C16H24N2O3/c1-12(2)11-18-16(20)10-15(19)17-9-8-13-4-6-14(21-3)7-5-13/h4-7,12H,8-11H2,1-3H3,(H,17,19)(H,18,20). The van der Waals surface area contributed by atoms with Crippen LogP contribution in [0.15, 0.2) is 24.3 Å². The average Bonchev–Trinajstić information content (AvgIpc) is 2.46. The highest BCUT2D eigenvalue weighted by Gasteiger charge is 2.08. The van der Waals surface area contributed by atoms with Gasteiger partial charge < -0.3 is 15.4 Å². The second-order valence-electron chi connectivity index (χ2n) is 5.32. The fraction of sp³-hybridized carbons (Fsp3) is 0.500. The normalized spacial score (nSPS) is 10.3. The first-order valence-electron chi connectivity index (χ1n) is 7.17. The molecule has 0 saturated heterocycles. The van der Waals surface area contributed by atoms with Crippen molar-refractivity contribution in [3.8, 4) is 5.75 Å². The molecule has 0 bridgehead atoms. The number of ether oxygens (including phenoxy) is 1. The van der Waals surface area contributed by atoms with Gasteiger partial charge in [0, 0.05) is 13.1 Å². The first-order valence-corrected chi connectivity index (χ1v) is 7.17. The minimum Gasteiger partial charge on any atom is -0.497 e. The number of hydrogen-bond acceptors (Lipinski definition) is 3. The number of benzene rings is 1. The van der Waals surface area contributed by atoms with E-state index in [1.807, 2.05) is 38.1 Å². The second kappa shape index (κ2) is 9.00. The summed E-state index contributed by atoms with van der Waals surface area (Å²) in [6.45, 7) is 5.13. The van der Waals surface area contributed by atoms with Crippen LogP contribution >= 0.6 is 0 Å². The minimum atomic E-state index is -0.246. The number of carbonyl (C=O) groups excluding carboxylic acids is 2. The van der Waals surface area contributed by atoms with Crippen molar-refractivity contribution in [3.63, 3.8) is 0 Å². The van der Waals surface area contributed by atoms with Gasteiger partial charge in [-0.2, -0.15) is 0 Å². The van der Waals surface area contributed by atoms with Crippen molar-refractivity contribution in [1.82, 2.24) is 10.6 Å². The number of methoxy groups -OCH3 is 1. The van der Waals surface area contributed by atoms with Crippen molar-refractivity contribution in [2.45, 2.75) is 26.7 Å². The van der Waals surface area contributed by atoms with Crippen LogP contribution in [0.4, 0.5) is 0 Å². The fourth-order valence-electron chi connectivity index (χ4n) is 1.73. The third-order valence-corrected chi connectivity index (χ3v) is 2.92. The maximum absolute atomic E-state index is 11.6. The Kier molecular flexibility index (Phi) is 7.29. The lowest BCUT2D eigenvalue weighted by Crippen LogP contribution is -2.34. The molecule has 2 amide bonds. The lowest BCUT2D eigenvalue weighted by Gasteiger charge is -2.08. The largest absolute Gasteiger partial charge is 0.497 e.